The summed E-state index contributed by atoms with van der Waals surface area (Å²) in [6.07, 6.45) is 0.796. The van der Waals surface area contributed by atoms with Gasteiger partial charge in [0.1, 0.15) is 5.82 Å². The van der Waals surface area contributed by atoms with Gasteiger partial charge in [0.05, 0.1) is 17.6 Å². The third-order valence-corrected chi connectivity index (χ3v) is 10.3. The molecule has 0 fully saturated rings. The lowest BCUT2D eigenvalue weighted by Crippen LogP contribution is -2.41. The number of alkyl halides is 4. The first kappa shape index (κ1) is 39.8. The molecule has 16 heteroatoms. The number of hydrogen-bond acceptors (Lipinski definition) is 5. The number of hydrogen-bond donors (Lipinski definition) is 4. The Bertz CT molecular complexity index is 1860. The van der Waals surface area contributed by atoms with Crippen LogP contribution in [-0.4, -0.2) is 37.9 Å². The Morgan fingerprint density at radius 2 is 1.02 bits per heavy atom. The second kappa shape index (κ2) is 15.3. The summed E-state index contributed by atoms with van der Waals surface area (Å²) in [4.78, 5) is 64.0. The van der Waals surface area contributed by atoms with Gasteiger partial charge >= 0.3 is 32.5 Å². The molecule has 0 saturated heterocycles. The van der Waals surface area contributed by atoms with Gasteiger partial charge in [0.2, 0.25) is 0 Å². The zero-order valence-corrected chi connectivity index (χ0v) is 28.7. The second-order valence-corrected chi connectivity index (χ2v) is 15.2. The van der Waals surface area contributed by atoms with Crippen LogP contribution in [0.15, 0.2) is 97.1 Å². The van der Waals surface area contributed by atoms with Crippen molar-refractivity contribution in [1.82, 2.24) is 0 Å². The molecular weight excluding hydrogens is 721 g/mol. The van der Waals surface area contributed by atoms with Gasteiger partial charge in [0.25, 0.3) is 0 Å². The summed E-state index contributed by atoms with van der Waals surface area (Å²) < 4.78 is 100. The van der Waals surface area contributed by atoms with E-state index < -0.39 is 60.6 Å². The Balaban J connectivity index is 1.90. The van der Waals surface area contributed by atoms with Crippen molar-refractivity contribution in [2.24, 2.45) is 0 Å². The van der Waals surface area contributed by atoms with Crippen LogP contribution in [0.4, 0.5) is 22.0 Å². The quantitative estimate of drug-likeness (QED) is 0.0312. The van der Waals surface area contributed by atoms with E-state index in [0.717, 1.165) is 67.1 Å². The molecule has 0 atom stereocenters. The molecule has 0 unspecified atom stereocenters. The molecule has 4 aromatic carbocycles. The lowest BCUT2D eigenvalue weighted by Gasteiger charge is -2.34. The van der Waals surface area contributed by atoms with E-state index in [0.29, 0.717) is 6.42 Å². The lowest BCUT2D eigenvalue weighted by atomic mass is 9.67. The van der Waals surface area contributed by atoms with Gasteiger partial charge in [-0.3, -0.25) is 13.9 Å². The normalized spacial score (nSPS) is 12.8. The Morgan fingerprint density at radius 3 is 1.41 bits per heavy atom. The van der Waals surface area contributed by atoms with Crippen LogP contribution in [-0.2, 0) is 43.5 Å². The van der Waals surface area contributed by atoms with E-state index in [1.54, 1.807) is 0 Å². The summed E-state index contributed by atoms with van der Waals surface area (Å²) in [7, 11) is -11.8. The summed E-state index contributed by atoms with van der Waals surface area (Å²) in [6.45, 7) is 2.08. The van der Waals surface area contributed by atoms with E-state index in [4.69, 9.17) is 4.74 Å². The summed E-state index contributed by atoms with van der Waals surface area (Å²) in [6, 6.07) is 17.8. The average Bonchev–Trinajstić information content (AvgIpc) is 3.07. The molecule has 0 spiro atoms. The zero-order chi connectivity index (χ0) is 37.8. The van der Waals surface area contributed by atoms with Gasteiger partial charge in [-0.1, -0.05) is 74.0 Å². The molecule has 0 aliphatic rings. The van der Waals surface area contributed by atoms with E-state index in [-0.39, 0.29) is 47.3 Å². The van der Waals surface area contributed by atoms with E-state index in [1.165, 1.54) is 36.4 Å². The molecule has 0 aliphatic heterocycles. The number of ketones is 1. The van der Waals surface area contributed by atoms with Crippen LogP contribution >= 0.6 is 15.2 Å². The predicted molar refractivity (Wildman–Crippen MR) is 176 cm³/mol. The molecule has 51 heavy (non-hydrogen) atoms. The number of rotatable bonds is 15. The average molecular weight is 755 g/mol. The lowest BCUT2D eigenvalue weighted by molar-refractivity contribution is 0.0499. The minimum atomic E-state index is -5.91. The Hall–Kier alpha value is -4.03. The highest BCUT2D eigenvalue weighted by molar-refractivity contribution is 7.52. The number of carbonyl (C=O) groups excluding carboxylic acids is 2. The van der Waals surface area contributed by atoms with E-state index in [2.05, 4.69) is 0 Å². The molecule has 0 aliphatic carbocycles. The minimum Gasteiger partial charge on any atom is -0.462 e. The first-order valence-electron chi connectivity index (χ1n) is 15.4. The first-order chi connectivity index (χ1) is 23.7. The molecule has 0 amide bonds. The number of esters is 1. The van der Waals surface area contributed by atoms with Crippen molar-refractivity contribution in [1.29, 1.82) is 0 Å². The minimum absolute atomic E-state index is 0.00578. The van der Waals surface area contributed by atoms with Crippen molar-refractivity contribution in [3.05, 3.63) is 142 Å². The Kier molecular flexibility index (Phi) is 11.9. The molecule has 9 nitrogen and oxygen atoms in total. The van der Waals surface area contributed by atoms with E-state index in [1.807, 2.05) is 6.92 Å². The van der Waals surface area contributed by atoms with Crippen molar-refractivity contribution in [2.75, 3.05) is 6.61 Å². The van der Waals surface area contributed by atoms with Crippen LogP contribution in [0.1, 0.15) is 68.3 Å². The maximum Gasteiger partial charge on any atom is 0.399 e. The third-order valence-electron chi connectivity index (χ3n) is 8.29. The van der Waals surface area contributed by atoms with Crippen LogP contribution in [0.25, 0.3) is 0 Å². The number of carbonyl (C=O) groups is 2. The third kappa shape index (κ3) is 8.72. The van der Waals surface area contributed by atoms with Gasteiger partial charge in [-0.25, -0.2) is 9.18 Å². The number of halogens is 5. The number of unbranched alkanes of at least 4 members (excludes halogenated alkanes) is 1. The maximum absolute atomic E-state index is 14.6. The van der Waals surface area contributed by atoms with Crippen LogP contribution in [0.5, 0.6) is 0 Å². The fourth-order valence-corrected chi connectivity index (χ4v) is 6.40. The van der Waals surface area contributed by atoms with Crippen LogP contribution in [0.3, 0.4) is 0 Å². The Labute approximate surface area is 289 Å². The molecule has 0 radical (unpaired) electrons. The van der Waals surface area contributed by atoms with Crippen LogP contribution in [0.2, 0.25) is 0 Å². The van der Waals surface area contributed by atoms with E-state index >= 15 is 0 Å². The molecule has 272 valence electrons. The van der Waals surface area contributed by atoms with Crippen molar-refractivity contribution < 1.29 is 65.0 Å². The molecule has 4 rings (SSSR count). The molecule has 4 aromatic rings. The summed E-state index contributed by atoms with van der Waals surface area (Å²) in [5.74, 6) is -1.95. The molecule has 4 N–H and O–H groups in total. The van der Waals surface area contributed by atoms with Crippen LogP contribution in [0, 0.1) is 5.82 Å². The molecular formula is C35H33F5O9P2. The number of ether oxygens (including phenoxy) is 1. The fourth-order valence-electron chi connectivity index (χ4n) is 5.43. The van der Waals surface area contributed by atoms with Gasteiger partial charge in [-0.15, -0.1) is 0 Å². The first-order valence-corrected chi connectivity index (χ1v) is 18.6. The van der Waals surface area contributed by atoms with Crippen molar-refractivity contribution in [3.8, 4) is 0 Å². The monoisotopic (exact) mass is 754 g/mol. The van der Waals surface area contributed by atoms with Gasteiger partial charge < -0.3 is 24.3 Å². The molecule has 0 aromatic heterocycles. The van der Waals surface area contributed by atoms with Gasteiger partial charge in [0, 0.05) is 16.7 Å². The summed E-state index contributed by atoms with van der Waals surface area (Å²) in [5.41, 5.74) is -12.0. The van der Waals surface area contributed by atoms with Crippen molar-refractivity contribution in [3.63, 3.8) is 0 Å². The molecule has 0 saturated carbocycles. The second-order valence-electron chi connectivity index (χ2n) is 11.9. The predicted octanol–water partition coefficient (Wildman–Crippen LogP) is 7.84. The largest absolute Gasteiger partial charge is 0.462 e. The van der Waals surface area contributed by atoms with Gasteiger partial charge in [-0.05, 0) is 72.4 Å². The topological polar surface area (TPSA) is 158 Å². The molecule has 0 heterocycles. The van der Waals surface area contributed by atoms with Crippen LogP contribution < -0.4 is 0 Å². The summed E-state index contributed by atoms with van der Waals surface area (Å²) in [5, 5.41) is 0. The SMILES string of the molecule is CCCCOC(=O)c1ccc(C(Cc2ccc(C(F)(F)P(=O)(O)O)cc2)(Cc2ccc(C(F)(F)P(=O)(O)O)cc2)C(=O)c2ccc(F)cc2)cc1. The van der Waals surface area contributed by atoms with Gasteiger partial charge in [0.15, 0.2) is 5.78 Å². The zero-order valence-electron chi connectivity index (χ0n) is 26.9. The number of benzene rings is 4. The standard InChI is InChI=1S/C35H33F5O9P2/c1-2-3-20-49-32(42)26-8-16-27(17-9-26)33(31(41)25-10-18-30(36)19-11-25,21-23-4-12-28(13-5-23)34(37,38)50(43,44)45)22-24-6-14-29(15-7-24)35(39,40)51(46,47)48/h4-19H,2-3,20-22H2,1H3,(H2,43,44,45)(H2,46,47,48). The smallest absolute Gasteiger partial charge is 0.399 e. The fraction of sp³-hybridized carbons (Fsp3) is 0.257. The summed E-state index contributed by atoms with van der Waals surface area (Å²) >= 11 is 0. The highest BCUT2D eigenvalue weighted by Crippen LogP contribution is 2.60. The van der Waals surface area contributed by atoms with Crippen molar-refractivity contribution in [2.45, 2.75) is 49.3 Å². The van der Waals surface area contributed by atoms with Crippen molar-refractivity contribution >= 4 is 26.9 Å². The highest BCUT2D eigenvalue weighted by Gasteiger charge is 2.51. The maximum atomic E-state index is 14.6. The highest BCUT2D eigenvalue weighted by atomic mass is 31.2. The number of Topliss-reactive ketones (excluding diaryl/α,β-unsaturated/α-hetero) is 1. The molecule has 0 bridgehead atoms. The van der Waals surface area contributed by atoms with E-state index in [9.17, 15) is 60.2 Å². The Morgan fingerprint density at radius 1 is 0.627 bits per heavy atom. The van der Waals surface area contributed by atoms with Gasteiger partial charge in [-0.2, -0.15) is 17.6 Å².